The van der Waals surface area contributed by atoms with Crippen LogP contribution < -0.4 is 9.80 Å². The largest absolute Gasteiger partial charge is 0.378 e. The van der Waals surface area contributed by atoms with E-state index in [2.05, 4.69) is 63.3 Å². The van der Waals surface area contributed by atoms with Gasteiger partial charge in [0.25, 0.3) is 0 Å². The molecule has 3 aromatic rings. The Labute approximate surface area is 147 Å². The number of nitrogens with zero attached hydrogens (tertiary/aromatic N) is 3. The highest BCUT2D eigenvalue weighted by Crippen LogP contribution is 2.33. The van der Waals surface area contributed by atoms with Crippen LogP contribution in [0, 0.1) is 0 Å². The molecule has 0 radical (unpaired) electrons. The summed E-state index contributed by atoms with van der Waals surface area (Å²) in [4.78, 5) is 9.29. The van der Waals surface area contributed by atoms with Gasteiger partial charge in [-0.3, -0.25) is 4.98 Å². The van der Waals surface area contributed by atoms with Gasteiger partial charge in [-0.2, -0.15) is 0 Å². The molecule has 0 saturated carbocycles. The highest BCUT2D eigenvalue weighted by molar-refractivity contribution is 5.95. The first kappa shape index (κ1) is 14.7. The fraction of sp³-hybridized carbons (Fsp3) is 0.286. The maximum Gasteiger partial charge on any atom is 0.0723 e. The van der Waals surface area contributed by atoms with E-state index in [1.165, 1.54) is 27.9 Å². The van der Waals surface area contributed by atoms with Crippen molar-refractivity contribution in [2.45, 2.75) is 0 Å². The minimum absolute atomic E-state index is 0.818. The maximum absolute atomic E-state index is 5.44. The number of ether oxygens (including phenoxy) is 1. The van der Waals surface area contributed by atoms with E-state index in [1.54, 1.807) is 0 Å². The van der Waals surface area contributed by atoms with Gasteiger partial charge in [-0.1, -0.05) is 18.2 Å². The van der Waals surface area contributed by atoms with E-state index >= 15 is 0 Å². The van der Waals surface area contributed by atoms with Gasteiger partial charge in [0.15, 0.2) is 0 Å². The van der Waals surface area contributed by atoms with Gasteiger partial charge in [-0.25, -0.2) is 0 Å². The molecule has 5 rings (SSSR count). The molecule has 2 fully saturated rings. The summed E-state index contributed by atoms with van der Waals surface area (Å²) in [6.45, 7) is 5.88. The SMILES string of the molecule is c1cc(N2CC2)c2cc(-c3ccc(N4CCOCC4)cc3)ccc2n1. The normalized spacial score (nSPS) is 17.1. The van der Waals surface area contributed by atoms with Crippen molar-refractivity contribution in [3.05, 3.63) is 54.7 Å². The Morgan fingerprint density at radius 3 is 2.28 bits per heavy atom. The molecule has 0 bridgehead atoms. The van der Waals surface area contributed by atoms with Gasteiger partial charge in [-0.05, 0) is 41.5 Å². The standard InChI is InChI=1S/C21H21N3O/c1-4-18(23-11-13-25-14-12-23)5-2-16(1)17-3-6-20-19(15-17)21(7-8-22-20)24-9-10-24/h1-8,15H,9-14H2. The van der Waals surface area contributed by atoms with Crippen LogP contribution in [0.1, 0.15) is 0 Å². The monoisotopic (exact) mass is 331 g/mol. The Morgan fingerprint density at radius 2 is 1.52 bits per heavy atom. The first-order valence-corrected chi connectivity index (χ1v) is 8.95. The zero-order chi connectivity index (χ0) is 16.6. The molecule has 0 atom stereocenters. The molecular weight excluding hydrogens is 310 g/mol. The molecule has 2 aliphatic heterocycles. The number of rotatable bonds is 3. The number of fused-ring (bicyclic) bond motifs is 1. The van der Waals surface area contributed by atoms with Crippen molar-refractivity contribution in [2.75, 3.05) is 49.2 Å². The Bertz CT molecular complexity index is 897. The molecule has 1 aromatic heterocycles. The van der Waals surface area contributed by atoms with Crippen LogP contribution in [0.25, 0.3) is 22.0 Å². The Balaban J connectivity index is 1.49. The number of benzene rings is 2. The summed E-state index contributed by atoms with van der Waals surface area (Å²) < 4.78 is 5.44. The Kier molecular flexibility index (Phi) is 3.56. The molecule has 2 aromatic carbocycles. The first-order valence-electron chi connectivity index (χ1n) is 8.95. The molecular formula is C21H21N3O. The van der Waals surface area contributed by atoms with E-state index in [0.29, 0.717) is 0 Å². The topological polar surface area (TPSA) is 28.4 Å². The van der Waals surface area contributed by atoms with Crippen molar-refractivity contribution in [1.82, 2.24) is 4.98 Å². The van der Waals surface area contributed by atoms with Crippen LogP contribution in [0.15, 0.2) is 54.7 Å². The van der Waals surface area contributed by atoms with Crippen molar-refractivity contribution in [1.29, 1.82) is 0 Å². The van der Waals surface area contributed by atoms with Crippen LogP contribution in [-0.2, 0) is 4.74 Å². The fourth-order valence-electron chi connectivity index (χ4n) is 3.56. The van der Waals surface area contributed by atoms with E-state index in [4.69, 9.17) is 4.74 Å². The highest BCUT2D eigenvalue weighted by Gasteiger charge is 2.20. The van der Waals surface area contributed by atoms with Crippen molar-refractivity contribution < 1.29 is 4.74 Å². The third kappa shape index (κ3) is 2.83. The molecule has 4 heteroatoms. The highest BCUT2D eigenvalue weighted by atomic mass is 16.5. The van der Waals surface area contributed by atoms with E-state index in [-0.39, 0.29) is 0 Å². The summed E-state index contributed by atoms with van der Waals surface area (Å²) in [6, 6.07) is 17.6. The number of morpholine rings is 1. The van der Waals surface area contributed by atoms with Crippen molar-refractivity contribution in [3.63, 3.8) is 0 Å². The summed E-state index contributed by atoms with van der Waals surface area (Å²) in [5.41, 5.74) is 6.14. The summed E-state index contributed by atoms with van der Waals surface area (Å²) in [5.74, 6) is 0. The van der Waals surface area contributed by atoms with Gasteiger partial charge in [-0.15, -0.1) is 0 Å². The lowest BCUT2D eigenvalue weighted by Crippen LogP contribution is -2.36. The van der Waals surface area contributed by atoms with E-state index < -0.39 is 0 Å². The molecule has 0 aliphatic carbocycles. The predicted octanol–water partition coefficient (Wildman–Crippen LogP) is 3.56. The summed E-state index contributed by atoms with van der Waals surface area (Å²) in [7, 11) is 0. The smallest absolute Gasteiger partial charge is 0.0723 e. The first-order chi connectivity index (χ1) is 12.4. The van der Waals surface area contributed by atoms with Crippen LogP contribution >= 0.6 is 0 Å². The zero-order valence-electron chi connectivity index (χ0n) is 14.2. The third-order valence-corrected chi connectivity index (χ3v) is 5.08. The molecule has 0 spiro atoms. The molecule has 0 N–H and O–H groups in total. The lowest BCUT2D eigenvalue weighted by Gasteiger charge is -2.28. The van der Waals surface area contributed by atoms with Crippen LogP contribution in [0.4, 0.5) is 11.4 Å². The molecule has 0 unspecified atom stereocenters. The lowest BCUT2D eigenvalue weighted by molar-refractivity contribution is 0.122. The number of hydrogen-bond acceptors (Lipinski definition) is 4. The number of pyridine rings is 1. The van der Waals surface area contributed by atoms with Gasteiger partial charge in [0.1, 0.15) is 0 Å². The molecule has 126 valence electrons. The van der Waals surface area contributed by atoms with Crippen molar-refractivity contribution >= 4 is 22.3 Å². The third-order valence-electron chi connectivity index (χ3n) is 5.08. The predicted molar refractivity (Wildman–Crippen MR) is 102 cm³/mol. The van der Waals surface area contributed by atoms with Gasteiger partial charge in [0.2, 0.25) is 0 Å². The lowest BCUT2D eigenvalue weighted by atomic mass is 10.0. The van der Waals surface area contributed by atoms with E-state index in [1.807, 2.05) is 6.20 Å². The summed E-state index contributed by atoms with van der Waals surface area (Å²) in [6.07, 6.45) is 1.91. The molecule has 3 heterocycles. The number of aromatic nitrogens is 1. The van der Waals surface area contributed by atoms with Gasteiger partial charge >= 0.3 is 0 Å². The molecule has 25 heavy (non-hydrogen) atoms. The molecule has 4 nitrogen and oxygen atoms in total. The van der Waals surface area contributed by atoms with Crippen molar-refractivity contribution in [2.24, 2.45) is 0 Å². The Hall–Kier alpha value is -2.59. The van der Waals surface area contributed by atoms with Crippen LogP contribution in [0.2, 0.25) is 0 Å². The second kappa shape index (κ2) is 6.05. The van der Waals surface area contributed by atoms with Crippen LogP contribution in [0.5, 0.6) is 0 Å². The van der Waals surface area contributed by atoms with Gasteiger partial charge in [0, 0.05) is 49.1 Å². The second-order valence-corrected chi connectivity index (χ2v) is 6.70. The number of hydrogen-bond donors (Lipinski definition) is 0. The molecule has 0 amide bonds. The van der Waals surface area contributed by atoms with E-state index in [0.717, 1.165) is 44.9 Å². The van der Waals surface area contributed by atoms with Gasteiger partial charge < -0.3 is 14.5 Å². The van der Waals surface area contributed by atoms with Crippen LogP contribution in [0.3, 0.4) is 0 Å². The van der Waals surface area contributed by atoms with E-state index in [9.17, 15) is 0 Å². The van der Waals surface area contributed by atoms with Crippen molar-refractivity contribution in [3.8, 4) is 11.1 Å². The minimum atomic E-state index is 0.818. The molecule has 2 saturated heterocycles. The number of anilines is 2. The average Bonchev–Trinajstić information content (AvgIpc) is 3.53. The second-order valence-electron chi connectivity index (χ2n) is 6.70. The quantitative estimate of drug-likeness (QED) is 0.686. The zero-order valence-corrected chi connectivity index (χ0v) is 14.2. The minimum Gasteiger partial charge on any atom is -0.378 e. The average molecular weight is 331 g/mol. The Morgan fingerprint density at radius 1 is 0.760 bits per heavy atom. The maximum atomic E-state index is 5.44. The van der Waals surface area contributed by atoms with Crippen LogP contribution in [-0.4, -0.2) is 44.4 Å². The van der Waals surface area contributed by atoms with Gasteiger partial charge in [0.05, 0.1) is 18.7 Å². The summed E-state index contributed by atoms with van der Waals surface area (Å²) in [5, 5.41) is 1.25. The molecule has 2 aliphatic rings. The summed E-state index contributed by atoms with van der Waals surface area (Å²) >= 11 is 0. The fourth-order valence-corrected chi connectivity index (χ4v) is 3.56.